The lowest BCUT2D eigenvalue weighted by molar-refractivity contribution is 0.0923. The van der Waals surface area contributed by atoms with E-state index in [0.29, 0.717) is 22.4 Å². The van der Waals surface area contributed by atoms with Crippen LogP contribution < -0.4 is 10.7 Å². The molecule has 0 atom stereocenters. The predicted octanol–water partition coefficient (Wildman–Crippen LogP) is 2.77. The molecule has 3 aromatic heterocycles. The molecule has 0 radical (unpaired) electrons. The molecule has 1 amide bonds. The molecule has 0 spiro atoms. The van der Waals surface area contributed by atoms with Gasteiger partial charge in [0.25, 0.3) is 5.91 Å². The summed E-state index contributed by atoms with van der Waals surface area (Å²) >= 11 is 0. The minimum atomic E-state index is -0.503. The van der Waals surface area contributed by atoms with E-state index in [0.717, 1.165) is 5.56 Å². The summed E-state index contributed by atoms with van der Waals surface area (Å²) in [6.45, 7) is 0.129. The first kappa shape index (κ1) is 15.8. The van der Waals surface area contributed by atoms with Gasteiger partial charge in [-0.3, -0.25) is 19.6 Å². The third-order valence-corrected chi connectivity index (χ3v) is 3.84. The van der Waals surface area contributed by atoms with Crippen LogP contribution in [0.3, 0.4) is 0 Å². The number of furan rings is 1. The zero-order valence-corrected chi connectivity index (χ0v) is 13.5. The maximum Gasteiger partial charge on any atom is 0.287 e. The lowest BCUT2D eigenvalue weighted by atomic mass is 10.2. The van der Waals surface area contributed by atoms with Crippen molar-refractivity contribution in [2.24, 2.45) is 0 Å². The van der Waals surface area contributed by atoms with Gasteiger partial charge in [0.1, 0.15) is 5.58 Å². The van der Waals surface area contributed by atoms with Gasteiger partial charge in [0.2, 0.25) is 0 Å². The van der Waals surface area contributed by atoms with Crippen molar-refractivity contribution >= 4 is 16.9 Å². The maximum atomic E-state index is 12.4. The predicted molar refractivity (Wildman–Crippen MR) is 93.4 cm³/mol. The molecular formula is C19H13N3O4. The highest BCUT2D eigenvalue weighted by molar-refractivity contribution is 5.93. The first-order valence-electron chi connectivity index (χ1n) is 7.86. The number of nitrogens with zero attached hydrogens (tertiary/aromatic N) is 2. The number of fused-ring (bicyclic) bond motifs is 1. The van der Waals surface area contributed by atoms with Crippen LogP contribution in [0.1, 0.15) is 16.2 Å². The summed E-state index contributed by atoms with van der Waals surface area (Å²) in [5, 5.41) is 3.14. The Bertz CT molecular complexity index is 1130. The lowest BCUT2D eigenvalue weighted by Crippen LogP contribution is -2.25. The largest absolute Gasteiger partial charge is 0.472 e. The summed E-state index contributed by atoms with van der Waals surface area (Å²) in [4.78, 5) is 33.1. The highest BCUT2D eigenvalue weighted by atomic mass is 16.3. The number of amides is 1. The van der Waals surface area contributed by atoms with Crippen LogP contribution in [0.25, 0.3) is 22.2 Å². The van der Waals surface area contributed by atoms with Gasteiger partial charge in [0.05, 0.1) is 35.8 Å². The second-order valence-electron chi connectivity index (χ2n) is 5.52. The van der Waals surface area contributed by atoms with E-state index in [1.54, 1.807) is 49.0 Å². The second-order valence-corrected chi connectivity index (χ2v) is 5.52. The minimum absolute atomic E-state index is 0.0533. The number of rotatable bonds is 4. The Balaban J connectivity index is 1.58. The normalized spacial score (nSPS) is 10.8. The van der Waals surface area contributed by atoms with Crippen LogP contribution in [0.15, 0.2) is 74.9 Å². The SMILES string of the molecule is O=C(NCc1nccnc1-c1ccoc1)c1cc(=O)c2ccccc2o1. The lowest BCUT2D eigenvalue weighted by Gasteiger charge is -2.07. The number of para-hydroxylation sites is 1. The topological polar surface area (TPSA) is 98.2 Å². The number of carbonyl (C=O) groups is 1. The molecule has 0 aliphatic carbocycles. The van der Waals surface area contributed by atoms with Crippen molar-refractivity contribution in [1.82, 2.24) is 15.3 Å². The van der Waals surface area contributed by atoms with Crippen LogP contribution in [-0.2, 0) is 6.54 Å². The third-order valence-electron chi connectivity index (χ3n) is 3.84. The Morgan fingerprint density at radius 1 is 1.12 bits per heavy atom. The fourth-order valence-corrected chi connectivity index (χ4v) is 2.60. The average molecular weight is 347 g/mol. The number of nitrogens with one attached hydrogen (secondary N) is 1. The van der Waals surface area contributed by atoms with E-state index in [-0.39, 0.29) is 17.7 Å². The van der Waals surface area contributed by atoms with E-state index in [1.165, 1.54) is 12.3 Å². The number of carbonyl (C=O) groups excluding carboxylic acids is 1. The van der Waals surface area contributed by atoms with Crippen molar-refractivity contribution in [2.45, 2.75) is 6.54 Å². The molecule has 0 saturated carbocycles. The number of aromatic nitrogens is 2. The van der Waals surface area contributed by atoms with Crippen molar-refractivity contribution < 1.29 is 13.6 Å². The zero-order chi connectivity index (χ0) is 17.9. The van der Waals surface area contributed by atoms with Gasteiger partial charge < -0.3 is 14.2 Å². The van der Waals surface area contributed by atoms with Gasteiger partial charge in [-0.2, -0.15) is 0 Å². The van der Waals surface area contributed by atoms with E-state index in [1.807, 2.05) is 0 Å². The summed E-state index contributed by atoms with van der Waals surface area (Å²) < 4.78 is 10.6. The Labute approximate surface area is 147 Å². The quantitative estimate of drug-likeness (QED) is 0.609. The van der Waals surface area contributed by atoms with Gasteiger partial charge in [-0.25, -0.2) is 0 Å². The van der Waals surface area contributed by atoms with Crippen molar-refractivity contribution in [3.05, 3.63) is 83.0 Å². The monoisotopic (exact) mass is 347 g/mol. The minimum Gasteiger partial charge on any atom is -0.472 e. The van der Waals surface area contributed by atoms with Crippen molar-refractivity contribution in [1.29, 1.82) is 0 Å². The molecule has 7 nitrogen and oxygen atoms in total. The Kier molecular flexibility index (Phi) is 4.03. The summed E-state index contributed by atoms with van der Waals surface area (Å²) in [6.07, 6.45) is 6.20. The van der Waals surface area contributed by atoms with Gasteiger partial charge in [0, 0.05) is 24.0 Å². The smallest absolute Gasteiger partial charge is 0.287 e. The standard InChI is InChI=1S/C19H13N3O4/c23-15-9-17(26-16-4-2-1-3-13(15)16)19(24)22-10-14-18(21-7-6-20-14)12-5-8-25-11-12/h1-9,11H,10H2,(H,22,24). The maximum absolute atomic E-state index is 12.4. The summed E-state index contributed by atoms with van der Waals surface area (Å²) in [5.41, 5.74) is 2.05. The van der Waals surface area contributed by atoms with Crippen LogP contribution in [0.5, 0.6) is 0 Å². The van der Waals surface area contributed by atoms with Crippen LogP contribution >= 0.6 is 0 Å². The van der Waals surface area contributed by atoms with Crippen LogP contribution in [0, 0.1) is 0 Å². The molecule has 3 heterocycles. The Morgan fingerprint density at radius 3 is 2.81 bits per heavy atom. The first-order valence-corrected chi connectivity index (χ1v) is 7.86. The molecule has 7 heteroatoms. The molecule has 1 aromatic carbocycles. The van der Waals surface area contributed by atoms with Gasteiger partial charge in [-0.05, 0) is 18.2 Å². The molecular weight excluding hydrogens is 334 g/mol. The van der Waals surface area contributed by atoms with E-state index < -0.39 is 5.91 Å². The molecule has 0 aliphatic rings. The number of hydrogen-bond acceptors (Lipinski definition) is 6. The fourth-order valence-electron chi connectivity index (χ4n) is 2.60. The Hall–Kier alpha value is -3.74. The van der Waals surface area contributed by atoms with Gasteiger partial charge in [-0.1, -0.05) is 12.1 Å². The first-order chi connectivity index (χ1) is 12.7. The van der Waals surface area contributed by atoms with Crippen LogP contribution in [0.2, 0.25) is 0 Å². The second kappa shape index (κ2) is 6.64. The Morgan fingerprint density at radius 2 is 1.96 bits per heavy atom. The van der Waals surface area contributed by atoms with E-state index >= 15 is 0 Å². The molecule has 0 saturated heterocycles. The molecule has 0 unspecified atom stereocenters. The van der Waals surface area contributed by atoms with Crippen molar-refractivity contribution in [2.75, 3.05) is 0 Å². The summed E-state index contributed by atoms with van der Waals surface area (Å²) in [7, 11) is 0. The van der Waals surface area contributed by atoms with Crippen LogP contribution in [-0.4, -0.2) is 15.9 Å². The van der Waals surface area contributed by atoms with Gasteiger partial charge >= 0.3 is 0 Å². The molecule has 4 rings (SSSR count). The molecule has 128 valence electrons. The van der Waals surface area contributed by atoms with Gasteiger partial charge in [-0.15, -0.1) is 0 Å². The van der Waals surface area contributed by atoms with E-state index in [9.17, 15) is 9.59 Å². The van der Waals surface area contributed by atoms with E-state index in [2.05, 4.69) is 15.3 Å². The average Bonchev–Trinajstić information content (AvgIpc) is 3.21. The summed E-state index contributed by atoms with van der Waals surface area (Å²) in [6, 6.07) is 9.73. The van der Waals surface area contributed by atoms with Gasteiger partial charge in [0.15, 0.2) is 11.2 Å². The number of benzene rings is 1. The molecule has 1 N–H and O–H groups in total. The molecule has 26 heavy (non-hydrogen) atoms. The fraction of sp³-hybridized carbons (Fsp3) is 0.0526. The third kappa shape index (κ3) is 2.98. The number of hydrogen-bond donors (Lipinski definition) is 1. The van der Waals surface area contributed by atoms with Crippen LogP contribution in [0.4, 0.5) is 0 Å². The zero-order valence-electron chi connectivity index (χ0n) is 13.5. The highest BCUT2D eigenvalue weighted by Crippen LogP contribution is 2.20. The highest BCUT2D eigenvalue weighted by Gasteiger charge is 2.14. The molecule has 0 bridgehead atoms. The van der Waals surface area contributed by atoms with Crippen molar-refractivity contribution in [3.63, 3.8) is 0 Å². The van der Waals surface area contributed by atoms with Crippen molar-refractivity contribution in [3.8, 4) is 11.3 Å². The molecule has 4 aromatic rings. The van der Waals surface area contributed by atoms with E-state index in [4.69, 9.17) is 8.83 Å². The molecule has 0 fully saturated rings. The molecule has 0 aliphatic heterocycles. The summed E-state index contributed by atoms with van der Waals surface area (Å²) in [5.74, 6) is -0.556.